The molecular formula is C14H22ClN3O4S. The fourth-order valence-electron chi connectivity index (χ4n) is 2.89. The predicted octanol–water partition coefficient (Wildman–Crippen LogP) is 1.95. The summed E-state index contributed by atoms with van der Waals surface area (Å²) in [5, 5.41) is 14.3. The van der Waals surface area contributed by atoms with Crippen molar-refractivity contribution in [2.24, 2.45) is 5.92 Å². The van der Waals surface area contributed by atoms with Gasteiger partial charge in [0.15, 0.2) is 4.90 Å². The number of nitro groups is 1. The normalized spacial score (nSPS) is 16.8. The zero-order valence-electron chi connectivity index (χ0n) is 13.2. The quantitative estimate of drug-likeness (QED) is 0.637. The summed E-state index contributed by atoms with van der Waals surface area (Å²) in [6, 6.07) is 4.34. The van der Waals surface area contributed by atoms with Crippen LogP contribution in [0.2, 0.25) is 0 Å². The van der Waals surface area contributed by atoms with E-state index in [1.807, 2.05) is 7.05 Å². The van der Waals surface area contributed by atoms with Crippen molar-refractivity contribution in [3.8, 4) is 0 Å². The summed E-state index contributed by atoms with van der Waals surface area (Å²) in [4.78, 5) is 10.3. The van der Waals surface area contributed by atoms with Gasteiger partial charge in [-0.25, -0.2) is 8.42 Å². The molecule has 1 aromatic carbocycles. The molecule has 0 bridgehead atoms. The van der Waals surface area contributed by atoms with Gasteiger partial charge in [0.05, 0.1) is 4.92 Å². The monoisotopic (exact) mass is 363 g/mol. The van der Waals surface area contributed by atoms with Gasteiger partial charge in [0.25, 0.3) is 5.69 Å². The molecule has 7 nitrogen and oxygen atoms in total. The fraction of sp³-hybridized carbons (Fsp3) is 0.571. The smallest absolute Gasteiger partial charge is 0.289 e. The van der Waals surface area contributed by atoms with Gasteiger partial charge in [0.2, 0.25) is 10.0 Å². The van der Waals surface area contributed by atoms with Crippen LogP contribution in [0.25, 0.3) is 0 Å². The van der Waals surface area contributed by atoms with Crippen molar-refractivity contribution in [3.05, 3.63) is 33.9 Å². The van der Waals surface area contributed by atoms with Crippen LogP contribution < -0.4 is 5.32 Å². The molecule has 0 amide bonds. The number of benzene rings is 1. The second kappa shape index (κ2) is 8.05. The lowest BCUT2D eigenvalue weighted by atomic mass is 9.98. The van der Waals surface area contributed by atoms with E-state index in [1.165, 1.54) is 16.4 Å². The third-order valence-corrected chi connectivity index (χ3v) is 6.14. The van der Waals surface area contributed by atoms with Gasteiger partial charge in [-0.15, -0.1) is 12.4 Å². The first-order chi connectivity index (χ1) is 10.4. The second-order valence-corrected chi connectivity index (χ2v) is 7.46. The number of nitrogens with one attached hydrogen (secondary N) is 1. The SMILES string of the molecule is CNCC1CCN(S(=O)(=O)c2c(C)cccc2[N+](=O)[O-])CC1.Cl. The van der Waals surface area contributed by atoms with Gasteiger partial charge >= 0.3 is 0 Å². The number of sulfonamides is 1. The van der Waals surface area contributed by atoms with Gasteiger partial charge in [0, 0.05) is 19.2 Å². The van der Waals surface area contributed by atoms with Crippen molar-refractivity contribution in [1.82, 2.24) is 9.62 Å². The van der Waals surface area contributed by atoms with Crippen LogP contribution in [0.15, 0.2) is 23.1 Å². The van der Waals surface area contributed by atoms with Gasteiger partial charge in [-0.1, -0.05) is 12.1 Å². The fourth-order valence-corrected chi connectivity index (χ4v) is 4.72. The molecule has 1 fully saturated rings. The predicted molar refractivity (Wildman–Crippen MR) is 90.5 cm³/mol. The van der Waals surface area contributed by atoms with Crippen molar-refractivity contribution in [2.45, 2.75) is 24.7 Å². The molecule has 9 heteroatoms. The highest BCUT2D eigenvalue weighted by atomic mass is 35.5. The first kappa shape index (κ1) is 19.8. The van der Waals surface area contributed by atoms with Crippen LogP contribution in [0.5, 0.6) is 0 Å². The van der Waals surface area contributed by atoms with Gasteiger partial charge < -0.3 is 5.32 Å². The number of hydrogen-bond acceptors (Lipinski definition) is 5. The summed E-state index contributed by atoms with van der Waals surface area (Å²) >= 11 is 0. The molecule has 0 radical (unpaired) electrons. The van der Waals surface area contributed by atoms with E-state index in [2.05, 4.69) is 5.32 Å². The largest absolute Gasteiger partial charge is 0.319 e. The van der Waals surface area contributed by atoms with Gasteiger partial charge in [-0.2, -0.15) is 4.31 Å². The van der Waals surface area contributed by atoms with E-state index < -0.39 is 14.9 Å². The summed E-state index contributed by atoms with van der Waals surface area (Å²) in [5.74, 6) is 0.448. The Balaban J connectivity index is 0.00000264. The van der Waals surface area contributed by atoms with E-state index in [9.17, 15) is 18.5 Å². The van der Waals surface area contributed by atoms with Crippen LogP contribution in [-0.4, -0.2) is 44.3 Å². The summed E-state index contributed by atoms with van der Waals surface area (Å²) in [7, 11) is -1.96. The van der Waals surface area contributed by atoms with Gasteiger partial charge in [0.1, 0.15) is 0 Å². The standard InChI is InChI=1S/C14H21N3O4S.ClH/c1-11-4-3-5-13(17(18)19)14(11)22(20,21)16-8-6-12(7-9-16)10-15-2;/h3-5,12,15H,6-10H2,1-2H3;1H. The third-order valence-electron chi connectivity index (χ3n) is 4.05. The van der Waals surface area contributed by atoms with Gasteiger partial charge in [-0.3, -0.25) is 10.1 Å². The molecule has 0 atom stereocenters. The Kier molecular flexibility index (Phi) is 6.94. The van der Waals surface area contributed by atoms with E-state index in [0.717, 1.165) is 19.4 Å². The minimum absolute atomic E-state index is 0. The number of halogens is 1. The lowest BCUT2D eigenvalue weighted by Crippen LogP contribution is -2.40. The summed E-state index contributed by atoms with van der Waals surface area (Å²) in [6.45, 7) is 3.26. The Morgan fingerprint density at radius 2 is 1.96 bits per heavy atom. The summed E-state index contributed by atoms with van der Waals surface area (Å²) in [6.07, 6.45) is 1.53. The zero-order chi connectivity index (χ0) is 16.3. The van der Waals surface area contributed by atoms with Crippen molar-refractivity contribution in [1.29, 1.82) is 0 Å². The summed E-state index contributed by atoms with van der Waals surface area (Å²) in [5.41, 5.74) is 0.0592. The first-order valence-electron chi connectivity index (χ1n) is 7.26. The number of nitrogens with zero attached hydrogens (tertiary/aromatic N) is 2. The lowest BCUT2D eigenvalue weighted by molar-refractivity contribution is -0.387. The maximum absolute atomic E-state index is 12.8. The first-order valence-corrected chi connectivity index (χ1v) is 8.70. The van der Waals surface area contributed by atoms with Crippen LogP contribution >= 0.6 is 12.4 Å². The highest BCUT2D eigenvalue weighted by Gasteiger charge is 2.35. The molecule has 0 spiro atoms. The highest BCUT2D eigenvalue weighted by molar-refractivity contribution is 7.89. The molecule has 2 rings (SSSR count). The third kappa shape index (κ3) is 4.20. The Morgan fingerprint density at radius 1 is 1.35 bits per heavy atom. The molecule has 0 unspecified atom stereocenters. The molecule has 1 N–H and O–H groups in total. The maximum Gasteiger partial charge on any atom is 0.289 e. The molecule has 0 saturated carbocycles. The second-order valence-electron chi connectivity index (χ2n) is 5.59. The van der Waals surface area contributed by atoms with Crippen LogP contribution in [-0.2, 0) is 10.0 Å². The minimum Gasteiger partial charge on any atom is -0.319 e. The minimum atomic E-state index is -3.84. The molecule has 1 aromatic rings. The Morgan fingerprint density at radius 3 is 2.48 bits per heavy atom. The van der Waals surface area contributed by atoms with Crippen LogP contribution in [0.4, 0.5) is 5.69 Å². The molecule has 23 heavy (non-hydrogen) atoms. The number of piperidine rings is 1. The molecular weight excluding hydrogens is 342 g/mol. The Hall–Kier alpha value is -1.22. The number of rotatable bonds is 5. The molecule has 1 saturated heterocycles. The topological polar surface area (TPSA) is 92.6 Å². The van der Waals surface area contributed by atoms with Crippen LogP contribution in [0.3, 0.4) is 0 Å². The van der Waals surface area contributed by atoms with Crippen molar-refractivity contribution >= 4 is 28.1 Å². The van der Waals surface area contributed by atoms with Crippen LogP contribution in [0.1, 0.15) is 18.4 Å². The van der Waals surface area contributed by atoms with Crippen LogP contribution in [0, 0.1) is 23.0 Å². The summed E-state index contributed by atoms with van der Waals surface area (Å²) < 4.78 is 27.0. The van der Waals surface area contributed by atoms with E-state index in [1.54, 1.807) is 13.0 Å². The molecule has 0 aromatic heterocycles. The maximum atomic E-state index is 12.8. The van der Waals surface area contributed by atoms with E-state index >= 15 is 0 Å². The lowest BCUT2D eigenvalue weighted by Gasteiger charge is -2.31. The molecule has 1 heterocycles. The number of nitro benzene ring substituents is 1. The van der Waals surface area contributed by atoms with Crippen molar-refractivity contribution in [2.75, 3.05) is 26.7 Å². The van der Waals surface area contributed by atoms with E-state index in [-0.39, 0.29) is 23.0 Å². The highest BCUT2D eigenvalue weighted by Crippen LogP contribution is 2.31. The zero-order valence-corrected chi connectivity index (χ0v) is 14.8. The van der Waals surface area contributed by atoms with E-state index in [4.69, 9.17) is 0 Å². The Labute approximate surface area is 142 Å². The molecule has 130 valence electrons. The van der Waals surface area contributed by atoms with Crippen molar-refractivity contribution < 1.29 is 13.3 Å². The number of hydrogen-bond donors (Lipinski definition) is 1. The van der Waals surface area contributed by atoms with E-state index in [0.29, 0.717) is 24.6 Å². The Bertz CT molecular complexity index is 658. The van der Waals surface area contributed by atoms with Crippen molar-refractivity contribution in [3.63, 3.8) is 0 Å². The number of aryl methyl sites for hydroxylation is 1. The van der Waals surface area contributed by atoms with Gasteiger partial charge in [-0.05, 0) is 44.8 Å². The molecule has 1 aliphatic rings. The average molecular weight is 364 g/mol. The molecule has 1 aliphatic heterocycles. The molecule has 0 aliphatic carbocycles. The average Bonchev–Trinajstić information content (AvgIpc) is 2.47.